The van der Waals surface area contributed by atoms with E-state index in [0.29, 0.717) is 0 Å². The van der Waals surface area contributed by atoms with Crippen molar-refractivity contribution in [3.05, 3.63) is 59.6 Å². The number of rotatable bonds is 6. The zero-order chi connectivity index (χ0) is 25.5. The lowest BCUT2D eigenvalue weighted by atomic mass is 9.74. The summed E-state index contributed by atoms with van der Waals surface area (Å²) in [5.41, 5.74) is -5.77. The molecule has 1 heterocycles. The number of aromatic nitrogens is 2. The Bertz CT molecular complexity index is 1240. The van der Waals surface area contributed by atoms with Gasteiger partial charge in [-0.05, 0) is 36.6 Å². The maximum absolute atomic E-state index is 14.1. The number of hydrogen-bond acceptors (Lipinski definition) is 5. The summed E-state index contributed by atoms with van der Waals surface area (Å²) in [5.74, 6) is -3.06. The number of halogens is 5. The van der Waals surface area contributed by atoms with Gasteiger partial charge in [0.1, 0.15) is 23.2 Å². The molecular formula is C23H22F5N3O3. The van der Waals surface area contributed by atoms with E-state index >= 15 is 0 Å². The van der Waals surface area contributed by atoms with Crippen LogP contribution in [0.4, 0.5) is 27.6 Å². The van der Waals surface area contributed by atoms with E-state index in [-0.39, 0.29) is 33.7 Å². The molecule has 0 bridgehead atoms. The van der Waals surface area contributed by atoms with Crippen molar-refractivity contribution in [1.82, 2.24) is 9.97 Å². The molecule has 0 aliphatic heterocycles. The molecule has 1 aromatic heterocycles. The fraction of sp³-hybridized carbons (Fsp3) is 0.348. The van der Waals surface area contributed by atoms with Gasteiger partial charge in [-0.15, -0.1) is 0 Å². The summed E-state index contributed by atoms with van der Waals surface area (Å²) in [5, 5.41) is 12.7. The molecule has 1 atom stereocenters. The molecule has 0 aliphatic carbocycles. The number of anilines is 1. The Morgan fingerprint density at radius 3 is 2.41 bits per heavy atom. The van der Waals surface area contributed by atoms with E-state index < -0.39 is 41.2 Å². The van der Waals surface area contributed by atoms with Gasteiger partial charge in [0.15, 0.2) is 0 Å². The second-order valence-corrected chi connectivity index (χ2v) is 8.52. The van der Waals surface area contributed by atoms with Crippen molar-refractivity contribution >= 4 is 22.5 Å². The van der Waals surface area contributed by atoms with Crippen LogP contribution in [0.15, 0.2) is 36.5 Å². The molecule has 1 unspecified atom stereocenters. The quantitative estimate of drug-likeness (QED) is 0.491. The number of hydrogen-bond donors (Lipinski definition) is 2. The van der Waals surface area contributed by atoms with Gasteiger partial charge in [0.25, 0.3) is 5.91 Å². The molecule has 11 heteroatoms. The second-order valence-electron chi connectivity index (χ2n) is 8.52. The maximum atomic E-state index is 14.1. The average Bonchev–Trinajstić information content (AvgIpc) is 2.72. The zero-order valence-electron chi connectivity index (χ0n) is 18.7. The van der Waals surface area contributed by atoms with Crippen LogP contribution in [0.25, 0.3) is 10.9 Å². The molecule has 0 radical (unpaired) electrons. The van der Waals surface area contributed by atoms with Gasteiger partial charge in [-0.25, -0.2) is 18.7 Å². The third kappa shape index (κ3) is 4.79. The van der Waals surface area contributed by atoms with Gasteiger partial charge in [-0.3, -0.25) is 4.79 Å². The highest BCUT2D eigenvalue weighted by molar-refractivity contribution is 6.04. The van der Waals surface area contributed by atoms with Crippen molar-refractivity contribution in [2.75, 3.05) is 12.4 Å². The number of aryl methyl sites for hydroxylation is 1. The number of nitrogens with zero attached hydrogens (tertiary/aromatic N) is 2. The van der Waals surface area contributed by atoms with E-state index in [9.17, 15) is 31.9 Å². The normalized spacial score (nSPS) is 14.1. The number of carbonyl (C=O) groups excluding carboxylic acids is 1. The molecule has 0 aliphatic rings. The van der Waals surface area contributed by atoms with Gasteiger partial charge >= 0.3 is 6.18 Å². The summed E-state index contributed by atoms with van der Waals surface area (Å²) >= 11 is 0. The minimum absolute atomic E-state index is 0.0190. The van der Waals surface area contributed by atoms with Crippen LogP contribution in [0, 0.1) is 18.6 Å². The molecule has 182 valence electrons. The second kappa shape index (κ2) is 8.79. The first-order valence-electron chi connectivity index (χ1n) is 10.1. The van der Waals surface area contributed by atoms with E-state index in [1.807, 2.05) is 5.32 Å². The number of aliphatic hydroxyl groups is 1. The Morgan fingerprint density at radius 2 is 1.79 bits per heavy atom. The van der Waals surface area contributed by atoms with E-state index in [1.54, 1.807) is 0 Å². The molecule has 0 saturated carbocycles. The molecule has 0 spiro atoms. The fourth-order valence-electron chi connectivity index (χ4n) is 3.78. The van der Waals surface area contributed by atoms with Crippen molar-refractivity contribution in [3.8, 4) is 5.75 Å². The largest absolute Gasteiger partial charge is 0.496 e. The molecule has 6 nitrogen and oxygen atoms in total. The van der Waals surface area contributed by atoms with E-state index in [2.05, 4.69) is 9.97 Å². The van der Waals surface area contributed by atoms with Crippen LogP contribution in [-0.4, -0.2) is 39.9 Å². The Morgan fingerprint density at radius 1 is 1.12 bits per heavy atom. The third-order valence-electron chi connectivity index (χ3n) is 5.47. The standard InChI is InChI=1S/C23H22F5N3O3/c1-12-29-10-15-17(30-12)8-14(25)9-18(15)31-20(32)22(33,23(26,27)28)11-21(2,3)16-7-13(24)5-6-19(16)34-4/h5-10,33H,11H2,1-4H3,(H,31,32). The molecule has 3 aromatic rings. The summed E-state index contributed by atoms with van der Waals surface area (Å²) < 4.78 is 75.4. The first-order chi connectivity index (χ1) is 15.7. The van der Waals surface area contributed by atoms with E-state index in [4.69, 9.17) is 4.74 Å². The number of carbonyl (C=O) groups is 1. The van der Waals surface area contributed by atoms with Crippen molar-refractivity contribution in [2.24, 2.45) is 0 Å². The van der Waals surface area contributed by atoms with Crippen LogP contribution >= 0.6 is 0 Å². The van der Waals surface area contributed by atoms with Gasteiger partial charge < -0.3 is 15.2 Å². The Hall–Kier alpha value is -3.34. The van der Waals surface area contributed by atoms with Crippen LogP contribution in [0.1, 0.15) is 31.7 Å². The summed E-state index contributed by atoms with van der Waals surface area (Å²) in [6.45, 7) is 4.15. The summed E-state index contributed by atoms with van der Waals surface area (Å²) in [7, 11) is 1.26. The van der Waals surface area contributed by atoms with Gasteiger partial charge in [0.05, 0.1) is 18.3 Å². The highest BCUT2D eigenvalue weighted by Crippen LogP contribution is 2.44. The first-order valence-corrected chi connectivity index (χ1v) is 10.1. The lowest BCUT2D eigenvalue weighted by Gasteiger charge is -2.37. The van der Waals surface area contributed by atoms with E-state index in [0.717, 1.165) is 24.3 Å². The van der Waals surface area contributed by atoms with E-state index in [1.165, 1.54) is 40.1 Å². The summed E-state index contributed by atoms with van der Waals surface area (Å²) in [6, 6.07) is 5.12. The van der Waals surface area contributed by atoms with Crippen LogP contribution in [0.3, 0.4) is 0 Å². The monoisotopic (exact) mass is 483 g/mol. The Kier molecular flexibility index (Phi) is 6.53. The third-order valence-corrected chi connectivity index (χ3v) is 5.47. The number of ether oxygens (including phenoxy) is 1. The minimum Gasteiger partial charge on any atom is -0.496 e. The van der Waals surface area contributed by atoms with Gasteiger partial charge in [-0.1, -0.05) is 13.8 Å². The lowest BCUT2D eigenvalue weighted by Crippen LogP contribution is -2.57. The number of fused-ring (bicyclic) bond motifs is 1. The fourth-order valence-corrected chi connectivity index (χ4v) is 3.78. The molecule has 34 heavy (non-hydrogen) atoms. The Balaban J connectivity index is 2.05. The van der Waals surface area contributed by atoms with Crippen molar-refractivity contribution in [1.29, 1.82) is 0 Å². The van der Waals surface area contributed by atoms with Crippen LogP contribution in [0.5, 0.6) is 5.75 Å². The molecule has 0 saturated heterocycles. The minimum atomic E-state index is -5.43. The summed E-state index contributed by atoms with van der Waals surface area (Å²) in [4.78, 5) is 20.8. The average molecular weight is 483 g/mol. The zero-order valence-corrected chi connectivity index (χ0v) is 18.7. The predicted molar refractivity (Wildman–Crippen MR) is 114 cm³/mol. The van der Waals surface area contributed by atoms with Gasteiger partial charge in [0.2, 0.25) is 5.60 Å². The molecule has 3 rings (SSSR count). The molecule has 0 fully saturated rings. The lowest BCUT2D eigenvalue weighted by molar-refractivity contribution is -0.254. The topological polar surface area (TPSA) is 84.3 Å². The highest BCUT2D eigenvalue weighted by atomic mass is 19.4. The first kappa shape index (κ1) is 25.3. The number of benzene rings is 2. The molecule has 2 N–H and O–H groups in total. The van der Waals surface area contributed by atoms with Gasteiger partial charge in [-0.2, -0.15) is 13.2 Å². The van der Waals surface area contributed by atoms with Crippen molar-refractivity contribution in [2.45, 2.75) is 44.4 Å². The maximum Gasteiger partial charge on any atom is 0.426 e. The smallest absolute Gasteiger partial charge is 0.426 e. The predicted octanol–water partition coefficient (Wildman–Crippen LogP) is 4.82. The molecule has 1 amide bonds. The van der Waals surface area contributed by atoms with Crippen LogP contribution in [0.2, 0.25) is 0 Å². The molecule has 2 aromatic carbocycles. The van der Waals surface area contributed by atoms with Gasteiger partial charge in [0, 0.05) is 29.6 Å². The Labute approximate surface area is 191 Å². The van der Waals surface area contributed by atoms with Crippen LogP contribution in [-0.2, 0) is 10.2 Å². The number of amides is 1. The van der Waals surface area contributed by atoms with Crippen molar-refractivity contribution < 1.29 is 36.6 Å². The molecular weight excluding hydrogens is 461 g/mol. The number of methoxy groups -OCH3 is 1. The number of nitrogens with one attached hydrogen (secondary N) is 1. The van der Waals surface area contributed by atoms with Crippen molar-refractivity contribution in [3.63, 3.8) is 0 Å². The summed E-state index contributed by atoms with van der Waals surface area (Å²) in [6.07, 6.45) is -5.38. The highest BCUT2D eigenvalue weighted by Gasteiger charge is 2.61. The SMILES string of the molecule is COc1ccc(F)cc1C(C)(C)CC(O)(C(=O)Nc1cc(F)cc2nc(C)ncc12)C(F)(F)F. The number of alkyl halides is 3. The van der Waals surface area contributed by atoms with Crippen LogP contribution < -0.4 is 10.1 Å².